The molecule has 0 aliphatic heterocycles. The molecule has 1 N–H and O–H groups in total. The lowest BCUT2D eigenvalue weighted by Gasteiger charge is -2.22. The maximum absolute atomic E-state index is 11.6. The van der Waals surface area contributed by atoms with Gasteiger partial charge < -0.3 is 4.74 Å². The first-order valence-electron chi connectivity index (χ1n) is 5.56. The molecular weight excluding hydrogens is 234 g/mol. The van der Waals surface area contributed by atoms with Gasteiger partial charge >= 0.3 is 0 Å². The Kier molecular flexibility index (Phi) is 4.90. The van der Waals surface area contributed by atoms with Gasteiger partial charge in [-0.05, 0) is 44.2 Å². The summed E-state index contributed by atoms with van der Waals surface area (Å²) in [5.41, 5.74) is -0.400. The Bertz CT molecular complexity index is 398. The Morgan fingerprint density at radius 1 is 1.41 bits per heavy atom. The second kappa shape index (κ2) is 5.98. The van der Waals surface area contributed by atoms with E-state index >= 15 is 0 Å². The fraction of sp³-hybridized carbons (Fsp3) is 0.385. The minimum atomic E-state index is -1.14. The van der Waals surface area contributed by atoms with Gasteiger partial charge in [0, 0.05) is 6.54 Å². The molecule has 0 bridgehead atoms. The lowest BCUT2D eigenvalue weighted by Crippen LogP contribution is -2.24. The van der Waals surface area contributed by atoms with Crippen LogP contribution in [0.15, 0.2) is 41.8 Å². The van der Waals surface area contributed by atoms with Crippen LogP contribution in [0.25, 0.3) is 0 Å². The van der Waals surface area contributed by atoms with Crippen molar-refractivity contribution in [1.29, 1.82) is 0 Å². The molecule has 94 valence electrons. The second-order valence-electron chi connectivity index (χ2n) is 4.15. The van der Waals surface area contributed by atoms with E-state index in [1.165, 1.54) is 0 Å². The van der Waals surface area contributed by atoms with Crippen LogP contribution in [0.4, 0.5) is 0 Å². The first kappa shape index (κ1) is 13.9. The highest BCUT2D eigenvalue weighted by atomic mass is 32.2. The van der Waals surface area contributed by atoms with Crippen molar-refractivity contribution < 1.29 is 8.95 Å². The Labute approximate surface area is 105 Å². The van der Waals surface area contributed by atoms with Crippen LogP contribution in [-0.4, -0.2) is 16.4 Å². The molecule has 0 radical (unpaired) electrons. The Hall–Kier alpha value is -1.13. The standard InChI is InChI=1S/C13H19NO2S/c1-5-13(3,4)16-11-7-9-12(10-8-11)17(15)14-6-2/h5,7-10,14H,1,6H2,2-4H3. The number of ether oxygens (including phenoxy) is 1. The molecule has 0 saturated heterocycles. The smallest absolute Gasteiger partial charge is 0.124 e. The van der Waals surface area contributed by atoms with E-state index in [2.05, 4.69) is 11.3 Å². The molecule has 0 spiro atoms. The number of benzene rings is 1. The summed E-state index contributed by atoms with van der Waals surface area (Å²) in [7, 11) is -1.14. The quantitative estimate of drug-likeness (QED) is 0.792. The molecule has 0 aliphatic carbocycles. The molecule has 17 heavy (non-hydrogen) atoms. The highest BCUT2D eigenvalue weighted by molar-refractivity contribution is 7.83. The monoisotopic (exact) mass is 253 g/mol. The fourth-order valence-electron chi connectivity index (χ4n) is 1.19. The molecule has 4 heteroatoms. The molecule has 1 rings (SSSR count). The zero-order valence-electron chi connectivity index (χ0n) is 10.5. The predicted molar refractivity (Wildman–Crippen MR) is 71.4 cm³/mol. The average Bonchev–Trinajstić information content (AvgIpc) is 2.30. The van der Waals surface area contributed by atoms with E-state index in [4.69, 9.17) is 4.74 Å². The van der Waals surface area contributed by atoms with Crippen LogP contribution >= 0.6 is 0 Å². The van der Waals surface area contributed by atoms with E-state index in [1.807, 2.05) is 32.9 Å². The van der Waals surface area contributed by atoms with Crippen molar-refractivity contribution in [2.75, 3.05) is 6.54 Å². The molecule has 1 aromatic rings. The minimum absolute atomic E-state index is 0.400. The van der Waals surface area contributed by atoms with Crippen LogP contribution in [0, 0.1) is 0 Å². The van der Waals surface area contributed by atoms with E-state index in [9.17, 15) is 4.21 Å². The first-order chi connectivity index (χ1) is 7.98. The van der Waals surface area contributed by atoms with Crippen LogP contribution in [0.5, 0.6) is 5.75 Å². The molecule has 0 aliphatic rings. The number of hydrogen-bond donors (Lipinski definition) is 1. The Morgan fingerprint density at radius 3 is 2.47 bits per heavy atom. The van der Waals surface area contributed by atoms with Crippen molar-refractivity contribution in [3.63, 3.8) is 0 Å². The van der Waals surface area contributed by atoms with Gasteiger partial charge in [0.2, 0.25) is 0 Å². The topological polar surface area (TPSA) is 38.3 Å². The van der Waals surface area contributed by atoms with Crippen LogP contribution in [0.3, 0.4) is 0 Å². The third kappa shape index (κ3) is 4.32. The molecule has 3 nitrogen and oxygen atoms in total. The largest absolute Gasteiger partial charge is 0.484 e. The van der Waals surface area contributed by atoms with Gasteiger partial charge in [0.15, 0.2) is 0 Å². The van der Waals surface area contributed by atoms with Crippen molar-refractivity contribution >= 4 is 11.0 Å². The number of rotatable bonds is 6. The van der Waals surface area contributed by atoms with Crippen molar-refractivity contribution in [2.45, 2.75) is 31.3 Å². The van der Waals surface area contributed by atoms with Crippen LogP contribution < -0.4 is 9.46 Å². The third-order valence-electron chi connectivity index (χ3n) is 2.19. The van der Waals surface area contributed by atoms with Gasteiger partial charge in [-0.1, -0.05) is 13.5 Å². The minimum Gasteiger partial charge on any atom is -0.484 e. The predicted octanol–water partition coefficient (Wildman–Crippen LogP) is 2.66. The summed E-state index contributed by atoms with van der Waals surface area (Å²) in [5.74, 6) is 0.743. The average molecular weight is 253 g/mol. The van der Waals surface area contributed by atoms with Gasteiger partial charge in [0.25, 0.3) is 0 Å². The van der Waals surface area contributed by atoms with Gasteiger partial charge in [0.1, 0.15) is 22.3 Å². The molecule has 0 fully saturated rings. The molecule has 0 amide bonds. The molecule has 1 unspecified atom stereocenters. The summed E-state index contributed by atoms with van der Waals surface area (Å²) in [6.45, 7) is 10.2. The number of hydrogen-bond acceptors (Lipinski definition) is 2. The summed E-state index contributed by atoms with van der Waals surface area (Å²) in [4.78, 5) is 0.746. The molecule has 1 atom stereocenters. The normalized spacial score (nSPS) is 13.1. The summed E-state index contributed by atoms with van der Waals surface area (Å²) < 4.78 is 20.2. The first-order valence-corrected chi connectivity index (χ1v) is 6.71. The van der Waals surface area contributed by atoms with Crippen molar-refractivity contribution in [1.82, 2.24) is 4.72 Å². The highest BCUT2D eigenvalue weighted by Crippen LogP contribution is 2.20. The van der Waals surface area contributed by atoms with Gasteiger partial charge in [-0.25, -0.2) is 8.93 Å². The van der Waals surface area contributed by atoms with E-state index < -0.39 is 16.6 Å². The Morgan fingerprint density at radius 2 is 2.00 bits per heavy atom. The van der Waals surface area contributed by atoms with Crippen molar-refractivity contribution in [3.05, 3.63) is 36.9 Å². The molecule has 0 aromatic heterocycles. The van der Waals surface area contributed by atoms with E-state index in [0.717, 1.165) is 10.6 Å². The maximum Gasteiger partial charge on any atom is 0.124 e. The zero-order chi connectivity index (χ0) is 12.9. The zero-order valence-corrected chi connectivity index (χ0v) is 11.3. The van der Waals surface area contributed by atoms with E-state index in [0.29, 0.717) is 6.54 Å². The van der Waals surface area contributed by atoms with Crippen LogP contribution in [-0.2, 0) is 11.0 Å². The third-order valence-corrected chi connectivity index (χ3v) is 3.44. The maximum atomic E-state index is 11.6. The summed E-state index contributed by atoms with van der Waals surface area (Å²) in [6, 6.07) is 7.23. The SMILES string of the molecule is C=CC(C)(C)Oc1ccc(S(=O)NCC)cc1. The lowest BCUT2D eigenvalue weighted by atomic mass is 10.1. The van der Waals surface area contributed by atoms with Gasteiger partial charge in [-0.3, -0.25) is 0 Å². The van der Waals surface area contributed by atoms with Crippen molar-refractivity contribution in [2.24, 2.45) is 0 Å². The van der Waals surface area contributed by atoms with Gasteiger partial charge in [-0.2, -0.15) is 0 Å². The molecule has 0 heterocycles. The van der Waals surface area contributed by atoms with Crippen LogP contribution in [0.2, 0.25) is 0 Å². The van der Waals surface area contributed by atoms with E-state index in [1.54, 1.807) is 18.2 Å². The van der Waals surface area contributed by atoms with Crippen molar-refractivity contribution in [3.8, 4) is 5.75 Å². The number of nitrogens with one attached hydrogen (secondary N) is 1. The molecular formula is C13H19NO2S. The lowest BCUT2D eigenvalue weighted by molar-refractivity contribution is 0.162. The van der Waals surface area contributed by atoms with Crippen LogP contribution in [0.1, 0.15) is 20.8 Å². The summed E-state index contributed by atoms with van der Waals surface area (Å²) in [6.07, 6.45) is 1.75. The molecule has 1 aromatic carbocycles. The van der Waals surface area contributed by atoms with Gasteiger partial charge in [-0.15, -0.1) is 0 Å². The van der Waals surface area contributed by atoms with Gasteiger partial charge in [0.05, 0.1) is 4.90 Å². The van der Waals surface area contributed by atoms with E-state index in [-0.39, 0.29) is 0 Å². The fourth-order valence-corrected chi connectivity index (χ4v) is 2.00. The summed E-state index contributed by atoms with van der Waals surface area (Å²) >= 11 is 0. The highest BCUT2D eigenvalue weighted by Gasteiger charge is 2.14. The molecule has 0 saturated carbocycles. The second-order valence-corrected chi connectivity index (χ2v) is 5.45. The Balaban J connectivity index is 2.75. The summed E-state index contributed by atoms with van der Waals surface area (Å²) in [5, 5.41) is 0.